The lowest BCUT2D eigenvalue weighted by Gasteiger charge is -2.33. The number of hydrogen-bond acceptors (Lipinski definition) is 2. The Hall–Kier alpha value is -0.830. The molecule has 1 amide bonds. The van der Waals surface area contributed by atoms with Crippen molar-refractivity contribution in [2.45, 2.75) is 31.8 Å². The minimum Gasteiger partial charge on any atom is -0.373 e. The molecule has 0 aromatic rings. The summed E-state index contributed by atoms with van der Waals surface area (Å²) < 4.78 is 5.61. The molecule has 1 N–H and O–H groups in total. The van der Waals surface area contributed by atoms with E-state index in [0.717, 1.165) is 19.4 Å². The third-order valence-electron chi connectivity index (χ3n) is 2.37. The lowest BCUT2D eigenvalue weighted by Crippen LogP contribution is -2.44. The van der Waals surface area contributed by atoms with Crippen LogP contribution in [0.5, 0.6) is 0 Å². The maximum atomic E-state index is 10.9. The zero-order valence-electron chi connectivity index (χ0n) is 8.14. The first kappa shape index (κ1) is 10.3. The highest BCUT2D eigenvalue weighted by Crippen LogP contribution is 2.23. The van der Waals surface area contributed by atoms with Crippen LogP contribution in [0.15, 0.2) is 12.7 Å². The van der Waals surface area contributed by atoms with Gasteiger partial charge in [0.05, 0.1) is 5.60 Å². The SMILES string of the molecule is C=CC(=O)NCC1(C)CCCCO1. The molecule has 1 heterocycles. The maximum absolute atomic E-state index is 10.9. The van der Waals surface area contributed by atoms with Crippen molar-refractivity contribution in [3.8, 4) is 0 Å². The summed E-state index contributed by atoms with van der Waals surface area (Å²) in [7, 11) is 0. The van der Waals surface area contributed by atoms with Crippen LogP contribution >= 0.6 is 0 Å². The third-order valence-corrected chi connectivity index (χ3v) is 2.37. The predicted octanol–water partition coefficient (Wildman–Crippen LogP) is 1.25. The van der Waals surface area contributed by atoms with Crippen LogP contribution in [0.3, 0.4) is 0 Å². The van der Waals surface area contributed by atoms with Gasteiger partial charge in [-0.2, -0.15) is 0 Å². The Balaban J connectivity index is 2.32. The summed E-state index contributed by atoms with van der Waals surface area (Å²) in [4.78, 5) is 10.9. The number of carbonyl (C=O) groups is 1. The second-order valence-electron chi connectivity index (χ2n) is 3.68. The standard InChI is InChI=1S/C10H17NO2/c1-3-9(12)11-8-10(2)6-4-5-7-13-10/h3H,1,4-8H2,2H3,(H,11,12). The van der Waals surface area contributed by atoms with E-state index in [1.54, 1.807) is 0 Å². The molecule has 0 saturated carbocycles. The van der Waals surface area contributed by atoms with Gasteiger partial charge in [-0.15, -0.1) is 0 Å². The highest BCUT2D eigenvalue weighted by molar-refractivity contribution is 5.86. The molecule has 0 aromatic heterocycles. The number of ether oxygens (including phenoxy) is 1. The second kappa shape index (κ2) is 4.42. The minimum atomic E-state index is -0.170. The first-order valence-corrected chi connectivity index (χ1v) is 4.70. The maximum Gasteiger partial charge on any atom is 0.243 e. The highest BCUT2D eigenvalue weighted by atomic mass is 16.5. The molecule has 0 spiro atoms. The largest absolute Gasteiger partial charge is 0.373 e. The molecule has 74 valence electrons. The van der Waals surface area contributed by atoms with Crippen LogP contribution in [0, 0.1) is 0 Å². The van der Waals surface area contributed by atoms with E-state index in [2.05, 4.69) is 11.9 Å². The van der Waals surface area contributed by atoms with E-state index in [-0.39, 0.29) is 11.5 Å². The average Bonchev–Trinajstić information content (AvgIpc) is 2.15. The van der Waals surface area contributed by atoms with Gasteiger partial charge in [0.25, 0.3) is 0 Å². The Morgan fingerprint density at radius 1 is 1.69 bits per heavy atom. The van der Waals surface area contributed by atoms with Gasteiger partial charge in [0.15, 0.2) is 0 Å². The monoisotopic (exact) mass is 183 g/mol. The highest BCUT2D eigenvalue weighted by Gasteiger charge is 2.27. The van der Waals surface area contributed by atoms with Gasteiger partial charge in [-0.25, -0.2) is 0 Å². The number of amides is 1. The minimum absolute atomic E-state index is 0.129. The topological polar surface area (TPSA) is 38.3 Å². The van der Waals surface area contributed by atoms with Crippen molar-refractivity contribution in [3.05, 3.63) is 12.7 Å². The molecule has 1 rings (SSSR count). The normalized spacial score (nSPS) is 28.1. The van der Waals surface area contributed by atoms with E-state index >= 15 is 0 Å². The van der Waals surface area contributed by atoms with Crippen molar-refractivity contribution < 1.29 is 9.53 Å². The molecule has 0 aliphatic carbocycles. The summed E-state index contributed by atoms with van der Waals surface area (Å²) in [6.45, 7) is 6.82. The molecular formula is C10H17NO2. The summed E-state index contributed by atoms with van der Waals surface area (Å²) in [6, 6.07) is 0. The Labute approximate surface area is 79.2 Å². The molecule has 0 aromatic carbocycles. The molecule has 1 fully saturated rings. The average molecular weight is 183 g/mol. The van der Waals surface area contributed by atoms with Crippen LogP contribution in [0.1, 0.15) is 26.2 Å². The molecule has 1 aliphatic heterocycles. The van der Waals surface area contributed by atoms with E-state index in [4.69, 9.17) is 4.74 Å². The first-order chi connectivity index (χ1) is 6.16. The molecule has 3 heteroatoms. The molecule has 1 unspecified atom stereocenters. The lowest BCUT2D eigenvalue weighted by molar-refractivity contribution is -0.119. The molecule has 1 aliphatic rings. The van der Waals surface area contributed by atoms with Gasteiger partial charge in [-0.05, 0) is 32.3 Å². The fraction of sp³-hybridized carbons (Fsp3) is 0.700. The van der Waals surface area contributed by atoms with E-state index in [1.165, 1.54) is 12.5 Å². The molecule has 0 bridgehead atoms. The van der Waals surface area contributed by atoms with Crippen LogP contribution in [-0.4, -0.2) is 24.7 Å². The zero-order chi connectivity index (χ0) is 9.73. The van der Waals surface area contributed by atoms with Gasteiger partial charge in [-0.1, -0.05) is 6.58 Å². The Morgan fingerprint density at radius 3 is 3.00 bits per heavy atom. The van der Waals surface area contributed by atoms with Crippen molar-refractivity contribution >= 4 is 5.91 Å². The molecular weight excluding hydrogens is 166 g/mol. The summed E-state index contributed by atoms with van der Waals surface area (Å²) in [5.74, 6) is -0.129. The number of carbonyl (C=O) groups excluding carboxylic acids is 1. The number of rotatable bonds is 3. The van der Waals surface area contributed by atoms with Crippen LogP contribution in [-0.2, 0) is 9.53 Å². The molecule has 1 saturated heterocycles. The Morgan fingerprint density at radius 2 is 2.46 bits per heavy atom. The lowest BCUT2D eigenvalue weighted by atomic mass is 9.96. The number of hydrogen-bond donors (Lipinski definition) is 1. The van der Waals surface area contributed by atoms with Crippen molar-refractivity contribution in [2.75, 3.05) is 13.2 Å². The van der Waals surface area contributed by atoms with Crippen molar-refractivity contribution in [2.24, 2.45) is 0 Å². The van der Waals surface area contributed by atoms with Gasteiger partial charge >= 0.3 is 0 Å². The van der Waals surface area contributed by atoms with Gasteiger partial charge in [0.1, 0.15) is 0 Å². The summed E-state index contributed by atoms with van der Waals surface area (Å²) in [6.07, 6.45) is 4.61. The van der Waals surface area contributed by atoms with Crippen LogP contribution in [0.4, 0.5) is 0 Å². The van der Waals surface area contributed by atoms with E-state index < -0.39 is 0 Å². The van der Waals surface area contributed by atoms with Gasteiger partial charge in [0.2, 0.25) is 5.91 Å². The molecule has 3 nitrogen and oxygen atoms in total. The van der Waals surface area contributed by atoms with Gasteiger partial charge < -0.3 is 10.1 Å². The quantitative estimate of drug-likeness (QED) is 0.669. The zero-order valence-corrected chi connectivity index (χ0v) is 8.14. The van der Waals surface area contributed by atoms with E-state index in [1.807, 2.05) is 6.92 Å². The van der Waals surface area contributed by atoms with Crippen molar-refractivity contribution in [3.63, 3.8) is 0 Å². The van der Waals surface area contributed by atoms with Crippen molar-refractivity contribution in [1.29, 1.82) is 0 Å². The van der Waals surface area contributed by atoms with Gasteiger partial charge in [0, 0.05) is 13.2 Å². The fourth-order valence-corrected chi connectivity index (χ4v) is 1.48. The molecule has 0 radical (unpaired) electrons. The smallest absolute Gasteiger partial charge is 0.243 e. The second-order valence-corrected chi connectivity index (χ2v) is 3.68. The summed E-state index contributed by atoms with van der Waals surface area (Å²) in [5, 5.41) is 2.76. The van der Waals surface area contributed by atoms with E-state index in [9.17, 15) is 4.79 Å². The number of nitrogens with one attached hydrogen (secondary N) is 1. The molecule has 1 atom stereocenters. The van der Waals surface area contributed by atoms with Gasteiger partial charge in [-0.3, -0.25) is 4.79 Å². The van der Waals surface area contributed by atoms with Crippen LogP contribution in [0.25, 0.3) is 0 Å². The van der Waals surface area contributed by atoms with Crippen LogP contribution in [0.2, 0.25) is 0 Å². The third kappa shape index (κ3) is 3.19. The fourth-order valence-electron chi connectivity index (χ4n) is 1.48. The molecule has 13 heavy (non-hydrogen) atoms. The van der Waals surface area contributed by atoms with Crippen molar-refractivity contribution in [1.82, 2.24) is 5.32 Å². The van der Waals surface area contributed by atoms with Crippen LogP contribution < -0.4 is 5.32 Å². The Bertz CT molecular complexity index is 195. The summed E-state index contributed by atoms with van der Waals surface area (Å²) >= 11 is 0. The predicted molar refractivity (Wildman–Crippen MR) is 51.4 cm³/mol. The summed E-state index contributed by atoms with van der Waals surface area (Å²) in [5.41, 5.74) is -0.170. The first-order valence-electron chi connectivity index (χ1n) is 4.70. The van der Waals surface area contributed by atoms with E-state index in [0.29, 0.717) is 6.54 Å². The Kier molecular flexibility index (Phi) is 3.48.